The van der Waals surface area contributed by atoms with Crippen molar-refractivity contribution in [2.75, 3.05) is 33.8 Å². The third-order valence-corrected chi connectivity index (χ3v) is 4.19. The molecule has 1 aromatic carbocycles. The second-order valence-corrected chi connectivity index (χ2v) is 6.08. The van der Waals surface area contributed by atoms with Crippen molar-refractivity contribution in [1.82, 2.24) is 10.2 Å². The van der Waals surface area contributed by atoms with E-state index in [1.54, 1.807) is 7.11 Å². The van der Waals surface area contributed by atoms with Crippen LogP contribution in [-0.2, 0) is 0 Å². The fraction of sp³-hybridized carbons (Fsp3) is 0.533. The SMILES string of the molecule is CNC[C@@H]1CCCN(C(=O)c2ccc(Br)cc2OC)C1. The number of ether oxygens (including phenoxy) is 1. The molecule has 2 rings (SSSR count). The van der Waals surface area contributed by atoms with Gasteiger partial charge < -0.3 is 15.0 Å². The molecule has 1 aliphatic heterocycles. The van der Waals surface area contributed by atoms with Gasteiger partial charge >= 0.3 is 0 Å². The van der Waals surface area contributed by atoms with Crippen molar-refractivity contribution in [1.29, 1.82) is 0 Å². The number of nitrogens with one attached hydrogen (secondary N) is 1. The second-order valence-electron chi connectivity index (χ2n) is 5.16. The summed E-state index contributed by atoms with van der Waals surface area (Å²) in [5, 5.41) is 3.20. The maximum absolute atomic E-state index is 12.7. The number of likely N-dealkylation sites (tertiary alicyclic amines) is 1. The Morgan fingerprint density at radius 3 is 3.05 bits per heavy atom. The van der Waals surface area contributed by atoms with E-state index in [0.717, 1.165) is 30.5 Å². The minimum atomic E-state index is 0.0650. The molecule has 4 nitrogen and oxygen atoms in total. The van der Waals surface area contributed by atoms with Crippen LogP contribution >= 0.6 is 15.9 Å². The Balaban J connectivity index is 2.14. The molecule has 0 bridgehead atoms. The molecule has 0 aromatic heterocycles. The molecule has 1 N–H and O–H groups in total. The smallest absolute Gasteiger partial charge is 0.257 e. The first kappa shape index (κ1) is 15.3. The summed E-state index contributed by atoms with van der Waals surface area (Å²) < 4.78 is 6.24. The van der Waals surface area contributed by atoms with Crippen molar-refractivity contribution in [2.45, 2.75) is 12.8 Å². The molecule has 1 atom stereocenters. The summed E-state index contributed by atoms with van der Waals surface area (Å²) in [5.41, 5.74) is 0.640. The van der Waals surface area contributed by atoms with Crippen molar-refractivity contribution in [3.05, 3.63) is 28.2 Å². The third-order valence-electron chi connectivity index (χ3n) is 3.69. The van der Waals surface area contributed by atoms with Gasteiger partial charge in [0.25, 0.3) is 5.91 Å². The molecule has 0 unspecified atom stereocenters. The summed E-state index contributed by atoms with van der Waals surface area (Å²) in [4.78, 5) is 14.6. The van der Waals surface area contributed by atoms with E-state index in [0.29, 0.717) is 17.2 Å². The lowest BCUT2D eigenvalue weighted by molar-refractivity contribution is 0.0671. The Kier molecular flexibility index (Phi) is 5.43. The van der Waals surface area contributed by atoms with Crippen molar-refractivity contribution in [3.8, 4) is 5.75 Å². The maximum Gasteiger partial charge on any atom is 0.257 e. The van der Waals surface area contributed by atoms with Crippen LogP contribution in [0.1, 0.15) is 23.2 Å². The molecule has 5 heteroatoms. The summed E-state index contributed by atoms with van der Waals surface area (Å²) in [7, 11) is 3.55. The Hall–Kier alpha value is -1.07. The first-order chi connectivity index (χ1) is 9.65. The number of piperidine rings is 1. The zero-order chi connectivity index (χ0) is 14.5. The summed E-state index contributed by atoms with van der Waals surface area (Å²) in [6.07, 6.45) is 2.25. The molecule has 0 radical (unpaired) electrons. The molecule has 1 amide bonds. The van der Waals surface area contributed by atoms with Crippen molar-refractivity contribution in [3.63, 3.8) is 0 Å². The molecule has 0 saturated carbocycles. The number of nitrogens with zero attached hydrogens (tertiary/aromatic N) is 1. The van der Waals surface area contributed by atoms with E-state index in [1.165, 1.54) is 6.42 Å². The van der Waals surface area contributed by atoms with Gasteiger partial charge in [-0.2, -0.15) is 0 Å². The van der Waals surface area contributed by atoms with Crippen LogP contribution in [0.25, 0.3) is 0 Å². The van der Waals surface area contributed by atoms with Gasteiger partial charge in [-0.25, -0.2) is 0 Å². The molecule has 1 aliphatic rings. The van der Waals surface area contributed by atoms with E-state index in [1.807, 2.05) is 30.1 Å². The Morgan fingerprint density at radius 2 is 2.35 bits per heavy atom. The lowest BCUT2D eigenvalue weighted by Crippen LogP contribution is -2.42. The predicted octanol–water partition coefficient (Wildman–Crippen LogP) is 2.53. The lowest BCUT2D eigenvalue weighted by Gasteiger charge is -2.33. The summed E-state index contributed by atoms with van der Waals surface area (Å²) in [6, 6.07) is 5.54. The van der Waals surface area contributed by atoms with Crippen LogP contribution in [0.4, 0.5) is 0 Å². The van der Waals surface area contributed by atoms with Gasteiger partial charge in [-0.1, -0.05) is 15.9 Å². The van der Waals surface area contributed by atoms with Gasteiger partial charge in [0.2, 0.25) is 0 Å². The fourth-order valence-electron chi connectivity index (χ4n) is 2.72. The van der Waals surface area contributed by atoms with Crippen molar-refractivity contribution < 1.29 is 9.53 Å². The van der Waals surface area contributed by atoms with E-state index < -0.39 is 0 Å². The molecule has 0 spiro atoms. The average molecular weight is 341 g/mol. The number of methoxy groups -OCH3 is 1. The van der Waals surface area contributed by atoms with E-state index in [4.69, 9.17) is 4.74 Å². The summed E-state index contributed by atoms with van der Waals surface area (Å²) >= 11 is 3.40. The van der Waals surface area contributed by atoms with E-state index in [-0.39, 0.29) is 5.91 Å². The normalized spacial score (nSPS) is 18.9. The highest BCUT2D eigenvalue weighted by Gasteiger charge is 2.25. The lowest BCUT2D eigenvalue weighted by atomic mass is 9.97. The largest absolute Gasteiger partial charge is 0.496 e. The minimum absolute atomic E-state index is 0.0650. The molecule has 1 heterocycles. The Morgan fingerprint density at radius 1 is 1.55 bits per heavy atom. The molecular weight excluding hydrogens is 320 g/mol. The zero-order valence-electron chi connectivity index (χ0n) is 12.0. The molecule has 1 aromatic rings. The van der Waals surface area contributed by atoms with Gasteiger partial charge in [-0.05, 0) is 50.6 Å². The van der Waals surface area contributed by atoms with Crippen molar-refractivity contribution >= 4 is 21.8 Å². The molecule has 110 valence electrons. The molecule has 1 fully saturated rings. The van der Waals surface area contributed by atoms with Crippen molar-refractivity contribution in [2.24, 2.45) is 5.92 Å². The second kappa shape index (κ2) is 7.09. The average Bonchev–Trinajstić information content (AvgIpc) is 2.47. The maximum atomic E-state index is 12.7. The van der Waals surface area contributed by atoms with Gasteiger partial charge in [-0.3, -0.25) is 4.79 Å². The highest BCUT2D eigenvalue weighted by molar-refractivity contribution is 9.10. The third kappa shape index (κ3) is 3.52. The van der Waals surface area contributed by atoms with Crippen LogP contribution in [0.15, 0.2) is 22.7 Å². The molecule has 20 heavy (non-hydrogen) atoms. The van der Waals surface area contributed by atoms with E-state index in [2.05, 4.69) is 21.2 Å². The summed E-state index contributed by atoms with van der Waals surface area (Å²) in [6.45, 7) is 2.61. The standard InChI is InChI=1S/C15H21BrN2O2/c1-17-9-11-4-3-7-18(10-11)15(19)13-6-5-12(16)8-14(13)20-2/h5-6,8,11,17H,3-4,7,9-10H2,1-2H3/t11-/m0/s1. The number of benzene rings is 1. The Bertz CT molecular complexity index is 477. The number of hydrogen-bond donors (Lipinski definition) is 1. The predicted molar refractivity (Wildman–Crippen MR) is 83.2 cm³/mol. The molecule has 0 aliphatic carbocycles. The first-order valence-electron chi connectivity index (χ1n) is 6.93. The van der Waals surface area contributed by atoms with Gasteiger partial charge in [0.05, 0.1) is 12.7 Å². The molecular formula is C15H21BrN2O2. The number of carbonyl (C=O) groups is 1. The van der Waals surface area contributed by atoms with Crippen LogP contribution in [0.5, 0.6) is 5.75 Å². The van der Waals surface area contributed by atoms with Crippen LogP contribution < -0.4 is 10.1 Å². The topological polar surface area (TPSA) is 41.6 Å². The summed E-state index contributed by atoms with van der Waals surface area (Å²) in [5.74, 6) is 1.23. The highest BCUT2D eigenvalue weighted by Crippen LogP contribution is 2.26. The Labute approximate surface area is 128 Å². The number of hydrogen-bond acceptors (Lipinski definition) is 3. The van der Waals surface area contributed by atoms with Crippen LogP contribution in [0.2, 0.25) is 0 Å². The number of amides is 1. The number of halogens is 1. The van der Waals surface area contributed by atoms with Crippen LogP contribution in [0.3, 0.4) is 0 Å². The molecule has 1 saturated heterocycles. The highest BCUT2D eigenvalue weighted by atomic mass is 79.9. The van der Waals surface area contributed by atoms with Crippen LogP contribution in [0, 0.1) is 5.92 Å². The van der Waals surface area contributed by atoms with Gasteiger partial charge in [0.15, 0.2) is 0 Å². The first-order valence-corrected chi connectivity index (χ1v) is 7.72. The zero-order valence-corrected chi connectivity index (χ0v) is 13.6. The van der Waals surface area contributed by atoms with Gasteiger partial charge in [0.1, 0.15) is 5.75 Å². The van der Waals surface area contributed by atoms with E-state index >= 15 is 0 Å². The minimum Gasteiger partial charge on any atom is -0.496 e. The van der Waals surface area contributed by atoms with Crippen LogP contribution in [-0.4, -0.2) is 44.6 Å². The van der Waals surface area contributed by atoms with Gasteiger partial charge in [0, 0.05) is 17.6 Å². The van der Waals surface area contributed by atoms with E-state index in [9.17, 15) is 4.79 Å². The van der Waals surface area contributed by atoms with Gasteiger partial charge in [-0.15, -0.1) is 0 Å². The number of rotatable bonds is 4. The monoisotopic (exact) mass is 340 g/mol. The number of carbonyl (C=O) groups excluding carboxylic acids is 1. The fourth-order valence-corrected chi connectivity index (χ4v) is 3.06. The quantitative estimate of drug-likeness (QED) is 0.915.